The number of amides is 1. The smallest absolute Gasteiger partial charge is 0.293 e. The van der Waals surface area contributed by atoms with E-state index in [9.17, 15) is 4.79 Å². The first-order chi connectivity index (χ1) is 15.7. The van der Waals surface area contributed by atoms with Crippen molar-refractivity contribution in [1.29, 1.82) is 0 Å². The molecule has 2 aliphatic rings. The average Bonchev–Trinajstić information content (AvgIpc) is 3.42. The number of carbonyl (C=O) groups excluding carboxylic acids is 1. The van der Waals surface area contributed by atoms with E-state index < -0.39 is 0 Å². The van der Waals surface area contributed by atoms with Crippen LogP contribution in [0.15, 0.2) is 57.1 Å². The third-order valence-corrected chi connectivity index (χ3v) is 6.19. The Balaban J connectivity index is 1.10. The fraction of sp³-hybridized carbons (Fsp3) is 0.417. The van der Waals surface area contributed by atoms with E-state index in [0.29, 0.717) is 23.4 Å². The SMILES string of the molecule is CC(OCC1CCC1)c1nnc(C2CC(=CNC(=O)c3cc(-c4ccccc4)no3)C2)o1. The van der Waals surface area contributed by atoms with Crippen molar-refractivity contribution >= 4 is 5.91 Å². The monoisotopic (exact) mass is 434 g/mol. The number of benzene rings is 1. The van der Waals surface area contributed by atoms with Gasteiger partial charge in [-0.25, -0.2) is 0 Å². The van der Waals surface area contributed by atoms with Crippen LogP contribution in [0.1, 0.15) is 73.4 Å². The number of ether oxygens (including phenoxy) is 1. The summed E-state index contributed by atoms with van der Waals surface area (Å²) in [6, 6.07) is 11.2. The van der Waals surface area contributed by atoms with Gasteiger partial charge in [-0.1, -0.05) is 47.5 Å². The molecular weight excluding hydrogens is 408 g/mol. The summed E-state index contributed by atoms with van der Waals surface area (Å²) in [6.45, 7) is 2.71. The van der Waals surface area contributed by atoms with E-state index in [2.05, 4.69) is 20.7 Å². The van der Waals surface area contributed by atoms with E-state index in [0.717, 1.165) is 30.6 Å². The van der Waals surface area contributed by atoms with Gasteiger partial charge in [-0.3, -0.25) is 4.79 Å². The lowest BCUT2D eigenvalue weighted by atomic mass is 9.80. The van der Waals surface area contributed by atoms with Gasteiger partial charge in [0.1, 0.15) is 11.8 Å². The molecule has 2 heterocycles. The maximum absolute atomic E-state index is 12.4. The number of nitrogens with zero attached hydrogens (tertiary/aromatic N) is 3. The second kappa shape index (κ2) is 9.08. The number of rotatable bonds is 8. The molecule has 0 bridgehead atoms. The molecule has 0 spiro atoms. The van der Waals surface area contributed by atoms with Crippen molar-refractivity contribution in [2.24, 2.45) is 5.92 Å². The molecule has 2 aliphatic carbocycles. The predicted octanol–water partition coefficient (Wildman–Crippen LogP) is 4.79. The quantitative estimate of drug-likeness (QED) is 0.543. The zero-order valence-electron chi connectivity index (χ0n) is 18.0. The lowest BCUT2D eigenvalue weighted by Gasteiger charge is -2.26. The van der Waals surface area contributed by atoms with Crippen molar-refractivity contribution in [3.8, 4) is 11.3 Å². The largest absolute Gasteiger partial charge is 0.422 e. The summed E-state index contributed by atoms with van der Waals surface area (Å²) < 4.78 is 16.9. The van der Waals surface area contributed by atoms with Gasteiger partial charge in [0.25, 0.3) is 5.91 Å². The van der Waals surface area contributed by atoms with E-state index in [1.807, 2.05) is 37.3 Å². The Labute approximate surface area is 186 Å². The van der Waals surface area contributed by atoms with Crippen LogP contribution in [0.25, 0.3) is 11.3 Å². The molecule has 1 aromatic carbocycles. The summed E-state index contributed by atoms with van der Waals surface area (Å²) in [4.78, 5) is 12.4. The summed E-state index contributed by atoms with van der Waals surface area (Å²) in [5.74, 6) is 1.86. The molecule has 1 N–H and O–H groups in total. The molecule has 1 atom stereocenters. The van der Waals surface area contributed by atoms with Crippen molar-refractivity contribution in [2.75, 3.05) is 6.61 Å². The lowest BCUT2D eigenvalue weighted by Crippen LogP contribution is -2.21. The summed E-state index contributed by atoms with van der Waals surface area (Å²) >= 11 is 0. The summed E-state index contributed by atoms with van der Waals surface area (Å²) in [5.41, 5.74) is 2.64. The molecule has 0 aliphatic heterocycles. The highest BCUT2D eigenvalue weighted by molar-refractivity contribution is 5.93. The molecule has 2 fully saturated rings. The number of hydrogen-bond acceptors (Lipinski definition) is 7. The standard InChI is InChI=1S/C24H26N4O4/c1-15(30-14-16-6-5-7-16)23-26-27-24(31-23)19-10-17(11-19)13-25-22(29)21-12-20(28-32-21)18-8-3-2-4-9-18/h2-4,8-9,12-13,15-16,19H,5-7,10-11,14H2,1H3,(H,25,29). The normalized spacial score (nSPS) is 19.2. The van der Waals surface area contributed by atoms with Gasteiger partial charge in [-0.05, 0) is 38.5 Å². The maximum Gasteiger partial charge on any atom is 0.293 e. The molecule has 166 valence electrons. The molecule has 0 radical (unpaired) electrons. The van der Waals surface area contributed by atoms with Gasteiger partial charge in [0.15, 0.2) is 0 Å². The van der Waals surface area contributed by atoms with Gasteiger partial charge in [-0.15, -0.1) is 10.2 Å². The minimum absolute atomic E-state index is 0.174. The molecule has 2 aromatic heterocycles. The molecule has 0 saturated heterocycles. The zero-order chi connectivity index (χ0) is 21.9. The molecule has 2 saturated carbocycles. The Kier molecular flexibility index (Phi) is 5.85. The number of hydrogen-bond donors (Lipinski definition) is 1. The van der Waals surface area contributed by atoms with Gasteiger partial charge in [0.2, 0.25) is 17.5 Å². The highest BCUT2D eigenvalue weighted by atomic mass is 16.5. The van der Waals surface area contributed by atoms with Crippen molar-refractivity contribution < 1.29 is 18.5 Å². The van der Waals surface area contributed by atoms with E-state index in [1.165, 1.54) is 19.3 Å². The minimum atomic E-state index is -0.326. The molecule has 1 amide bonds. The lowest BCUT2D eigenvalue weighted by molar-refractivity contribution is 0.00525. The third kappa shape index (κ3) is 4.50. The van der Waals surface area contributed by atoms with Gasteiger partial charge >= 0.3 is 0 Å². The first kappa shape index (κ1) is 20.6. The van der Waals surface area contributed by atoms with Gasteiger partial charge < -0.3 is 19.0 Å². The fourth-order valence-electron chi connectivity index (χ4n) is 3.82. The number of nitrogens with one attached hydrogen (secondary N) is 1. The second-order valence-electron chi connectivity index (χ2n) is 8.57. The van der Waals surface area contributed by atoms with Crippen LogP contribution in [0.4, 0.5) is 0 Å². The molecule has 8 nitrogen and oxygen atoms in total. The number of allylic oxidation sites excluding steroid dienone is 1. The van der Waals surface area contributed by atoms with Crippen molar-refractivity contribution in [1.82, 2.24) is 20.7 Å². The Bertz CT molecular complexity index is 1090. The van der Waals surface area contributed by atoms with Crippen LogP contribution in [0, 0.1) is 5.92 Å². The molecule has 8 heteroatoms. The highest BCUT2D eigenvalue weighted by Crippen LogP contribution is 2.40. The molecule has 1 unspecified atom stereocenters. The number of carbonyl (C=O) groups is 1. The van der Waals surface area contributed by atoms with Crippen LogP contribution in [0.2, 0.25) is 0 Å². The Hall–Kier alpha value is -3.26. The predicted molar refractivity (Wildman–Crippen MR) is 115 cm³/mol. The van der Waals surface area contributed by atoms with Crippen LogP contribution in [-0.2, 0) is 4.74 Å². The summed E-state index contributed by atoms with van der Waals surface area (Å²) in [5, 5.41) is 15.1. The van der Waals surface area contributed by atoms with Crippen molar-refractivity contribution in [2.45, 2.75) is 51.0 Å². The third-order valence-electron chi connectivity index (χ3n) is 6.19. The topological polar surface area (TPSA) is 103 Å². The molecule has 3 aromatic rings. The first-order valence-corrected chi connectivity index (χ1v) is 11.1. The molecule has 5 rings (SSSR count). The Morgan fingerprint density at radius 2 is 2.06 bits per heavy atom. The van der Waals surface area contributed by atoms with Crippen LogP contribution >= 0.6 is 0 Å². The van der Waals surface area contributed by atoms with E-state index in [4.69, 9.17) is 13.7 Å². The van der Waals surface area contributed by atoms with Gasteiger partial charge in [0, 0.05) is 23.7 Å². The van der Waals surface area contributed by atoms with Crippen molar-refractivity contribution in [3.63, 3.8) is 0 Å². The van der Waals surface area contributed by atoms with E-state index in [-0.39, 0.29) is 23.7 Å². The maximum atomic E-state index is 12.4. The molecular formula is C24H26N4O4. The van der Waals surface area contributed by atoms with Gasteiger partial charge in [0.05, 0.1) is 6.61 Å². The molecule has 32 heavy (non-hydrogen) atoms. The highest BCUT2D eigenvalue weighted by Gasteiger charge is 2.31. The first-order valence-electron chi connectivity index (χ1n) is 11.1. The average molecular weight is 434 g/mol. The van der Waals surface area contributed by atoms with Crippen molar-refractivity contribution in [3.05, 3.63) is 65.7 Å². The van der Waals surface area contributed by atoms with E-state index in [1.54, 1.807) is 12.3 Å². The van der Waals surface area contributed by atoms with Crippen LogP contribution in [0.3, 0.4) is 0 Å². The van der Waals surface area contributed by atoms with Crippen LogP contribution in [-0.4, -0.2) is 27.9 Å². The zero-order valence-corrected chi connectivity index (χ0v) is 18.0. The Morgan fingerprint density at radius 1 is 1.25 bits per heavy atom. The van der Waals surface area contributed by atoms with E-state index >= 15 is 0 Å². The second-order valence-corrected chi connectivity index (χ2v) is 8.57. The number of aromatic nitrogens is 3. The van der Waals surface area contributed by atoms with Crippen LogP contribution in [0.5, 0.6) is 0 Å². The van der Waals surface area contributed by atoms with Gasteiger partial charge in [-0.2, -0.15) is 0 Å². The van der Waals surface area contributed by atoms with Crippen LogP contribution < -0.4 is 5.32 Å². The fourth-order valence-corrected chi connectivity index (χ4v) is 3.82. The Morgan fingerprint density at radius 3 is 2.81 bits per heavy atom. The summed E-state index contributed by atoms with van der Waals surface area (Å²) in [7, 11) is 0. The minimum Gasteiger partial charge on any atom is -0.422 e. The summed E-state index contributed by atoms with van der Waals surface area (Å²) in [6.07, 6.45) is 6.88.